The minimum absolute atomic E-state index is 0.121. The highest BCUT2D eigenvalue weighted by Gasteiger charge is 2.29. The van der Waals surface area contributed by atoms with E-state index in [9.17, 15) is 9.59 Å². The van der Waals surface area contributed by atoms with Crippen molar-refractivity contribution in [2.45, 2.75) is 25.3 Å². The van der Waals surface area contributed by atoms with Crippen molar-refractivity contribution in [3.63, 3.8) is 0 Å². The summed E-state index contributed by atoms with van der Waals surface area (Å²) in [5.74, 6) is 0.836. The van der Waals surface area contributed by atoms with Crippen LogP contribution in [0.5, 0.6) is 11.5 Å². The molecule has 1 amide bonds. The lowest BCUT2D eigenvalue weighted by molar-refractivity contribution is 0.0565. The summed E-state index contributed by atoms with van der Waals surface area (Å²) in [6.07, 6.45) is 2.83. The molecule has 7 nitrogen and oxygen atoms in total. The number of hydrogen-bond donors (Lipinski definition) is 0. The van der Waals surface area contributed by atoms with Crippen molar-refractivity contribution in [1.82, 2.24) is 9.80 Å². The van der Waals surface area contributed by atoms with E-state index in [0.29, 0.717) is 24.2 Å². The van der Waals surface area contributed by atoms with Gasteiger partial charge < -0.3 is 24.0 Å². The van der Waals surface area contributed by atoms with Gasteiger partial charge >= 0.3 is 5.97 Å². The molecule has 1 saturated heterocycles. The molecular weight excluding hydrogens is 408 g/mol. The van der Waals surface area contributed by atoms with E-state index < -0.39 is 5.97 Å². The van der Waals surface area contributed by atoms with Gasteiger partial charge in [-0.1, -0.05) is 18.2 Å². The van der Waals surface area contributed by atoms with Crippen molar-refractivity contribution < 1.29 is 23.8 Å². The van der Waals surface area contributed by atoms with Gasteiger partial charge in [-0.05, 0) is 56.1 Å². The fraction of sp³-hybridized carbons (Fsp3) is 0.440. The number of carbonyl (C=O) groups excluding carboxylic acids is 2. The third-order valence-corrected chi connectivity index (χ3v) is 6.07. The van der Waals surface area contributed by atoms with Crippen LogP contribution in [0.1, 0.15) is 39.1 Å². The first-order chi connectivity index (χ1) is 15.5. The number of ether oxygens (including phenoxy) is 3. The highest BCUT2D eigenvalue weighted by molar-refractivity contribution is 6.05. The second-order valence-electron chi connectivity index (χ2n) is 8.00. The number of piperidine rings is 1. The van der Waals surface area contributed by atoms with Crippen LogP contribution in [0.2, 0.25) is 0 Å². The van der Waals surface area contributed by atoms with Crippen LogP contribution in [0.4, 0.5) is 0 Å². The first-order valence-electron chi connectivity index (χ1n) is 10.9. The van der Waals surface area contributed by atoms with Gasteiger partial charge in [-0.25, -0.2) is 4.79 Å². The van der Waals surface area contributed by atoms with Gasteiger partial charge in [0.1, 0.15) is 0 Å². The van der Waals surface area contributed by atoms with E-state index in [2.05, 4.69) is 18.0 Å². The van der Waals surface area contributed by atoms with Crippen molar-refractivity contribution in [3.8, 4) is 11.5 Å². The second-order valence-corrected chi connectivity index (χ2v) is 8.00. The fourth-order valence-electron chi connectivity index (χ4n) is 4.15. The highest BCUT2D eigenvalue weighted by atomic mass is 16.5. The second kappa shape index (κ2) is 11.0. The molecule has 1 heterocycles. The zero-order valence-corrected chi connectivity index (χ0v) is 19.3. The molecule has 2 aromatic carbocycles. The minimum Gasteiger partial charge on any atom is -0.493 e. The lowest BCUT2D eigenvalue weighted by Crippen LogP contribution is -2.49. The van der Waals surface area contributed by atoms with E-state index in [1.54, 1.807) is 38.5 Å². The predicted octanol–water partition coefficient (Wildman–Crippen LogP) is 3.27. The Labute approximate surface area is 189 Å². The Bertz CT molecular complexity index is 946. The van der Waals surface area contributed by atoms with Crippen LogP contribution in [0.15, 0.2) is 42.5 Å². The number of carbonyl (C=O) groups is 2. The van der Waals surface area contributed by atoms with Crippen LogP contribution in [-0.4, -0.2) is 75.7 Å². The van der Waals surface area contributed by atoms with Crippen molar-refractivity contribution in [2.24, 2.45) is 0 Å². The Morgan fingerprint density at radius 3 is 2.44 bits per heavy atom. The average Bonchev–Trinajstić information content (AvgIpc) is 2.86. The van der Waals surface area contributed by atoms with Gasteiger partial charge in [-0.3, -0.25) is 4.79 Å². The van der Waals surface area contributed by atoms with Gasteiger partial charge in [0.05, 0.1) is 32.5 Å². The van der Waals surface area contributed by atoms with Crippen LogP contribution in [-0.2, 0) is 11.2 Å². The molecule has 0 saturated carbocycles. The number of likely N-dealkylation sites (tertiary alicyclic amines) is 1. The average molecular weight is 441 g/mol. The predicted molar refractivity (Wildman–Crippen MR) is 123 cm³/mol. The van der Waals surface area contributed by atoms with Crippen LogP contribution in [0.3, 0.4) is 0 Å². The molecule has 172 valence electrons. The van der Waals surface area contributed by atoms with E-state index in [0.717, 1.165) is 37.3 Å². The molecule has 32 heavy (non-hydrogen) atoms. The SMILES string of the molecule is COC(=O)c1ccccc1C(=O)N1CCCC(N(C)CCc2ccc(OC)c(OC)c2)C1. The number of esters is 1. The van der Waals surface area contributed by atoms with Crippen LogP contribution in [0.25, 0.3) is 0 Å². The molecule has 1 atom stereocenters. The number of nitrogens with zero attached hydrogens (tertiary/aromatic N) is 2. The first-order valence-corrected chi connectivity index (χ1v) is 10.9. The largest absolute Gasteiger partial charge is 0.493 e. The fourth-order valence-corrected chi connectivity index (χ4v) is 4.15. The summed E-state index contributed by atoms with van der Waals surface area (Å²) in [5.41, 5.74) is 1.88. The monoisotopic (exact) mass is 440 g/mol. The number of benzene rings is 2. The van der Waals surface area contributed by atoms with Crippen LogP contribution in [0, 0.1) is 0 Å². The molecular formula is C25H32N2O5. The van der Waals surface area contributed by atoms with E-state index in [1.807, 2.05) is 17.0 Å². The first kappa shape index (κ1) is 23.6. The summed E-state index contributed by atoms with van der Waals surface area (Å²) in [6, 6.07) is 13.1. The van der Waals surface area contributed by atoms with Gasteiger partial charge in [-0.15, -0.1) is 0 Å². The third-order valence-electron chi connectivity index (χ3n) is 6.07. The van der Waals surface area contributed by atoms with E-state index in [-0.39, 0.29) is 11.9 Å². The highest BCUT2D eigenvalue weighted by Crippen LogP contribution is 2.28. The zero-order chi connectivity index (χ0) is 23.1. The summed E-state index contributed by atoms with van der Waals surface area (Å²) >= 11 is 0. The molecule has 1 unspecified atom stereocenters. The number of hydrogen-bond acceptors (Lipinski definition) is 6. The number of methoxy groups -OCH3 is 3. The maximum absolute atomic E-state index is 13.2. The summed E-state index contributed by atoms with van der Waals surface area (Å²) in [4.78, 5) is 29.4. The molecule has 0 aliphatic carbocycles. The van der Waals surface area contributed by atoms with Gasteiger partial charge in [0.15, 0.2) is 11.5 Å². The lowest BCUT2D eigenvalue weighted by atomic mass is 10.0. The maximum Gasteiger partial charge on any atom is 0.338 e. The Morgan fingerprint density at radius 1 is 1.03 bits per heavy atom. The lowest BCUT2D eigenvalue weighted by Gasteiger charge is -2.38. The number of likely N-dealkylation sites (N-methyl/N-ethyl adjacent to an activating group) is 1. The Hall–Kier alpha value is -3.06. The molecule has 2 aromatic rings. The van der Waals surface area contributed by atoms with Gasteiger partial charge in [0.2, 0.25) is 0 Å². The van der Waals surface area contributed by atoms with Crippen molar-refractivity contribution in [3.05, 3.63) is 59.2 Å². The van der Waals surface area contributed by atoms with Crippen LogP contribution >= 0.6 is 0 Å². The normalized spacial score (nSPS) is 16.0. The third kappa shape index (κ3) is 5.40. The Kier molecular flexibility index (Phi) is 8.11. The van der Waals surface area contributed by atoms with Gasteiger partial charge in [-0.2, -0.15) is 0 Å². The molecule has 0 radical (unpaired) electrons. The van der Waals surface area contributed by atoms with Gasteiger partial charge in [0, 0.05) is 25.7 Å². The number of amides is 1. The van der Waals surface area contributed by atoms with E-state index >= 15 is 0 Å². The van der Waals surface area contributed by atoms with Crippen molar-refractivity contribution in [1.29, 1.82) is 0 Å². The smallest absolute Gasteiger partial charge is 0.338 e. The van der Waals surface area contributed by atoms with Crippen molar-refractivity contribution in [2.75, 3.05) is 48.0 Å². The summed E-state index contributed by atoms with van der Waals surface area (Å²) < 4.78 is 15.6. The molecule has 0 aromatic heterocycles. The molecule has 0 spiro atoms. The molecule has 0 N–H and O–H groups in total. The van der Waals surface area contributed by atoms with Crippen LogP contribution < -0.4 is 9.47 Å². The molecule has 0 bridgehead atoms. The van der Waals surface area contributed by atoms with E-state index in [4.69, 9.17) is 14.2 Å². The standard InChI is InChI=1S/C25H32N2O5/c1-26(15-13-18-11-12-22(30-2)23(16-18)31-3)19-8-7-14-27(17-19)24(28)20-9-5-6-10-21(20)25(29)32-4/h5-6,9-12,16,19H,7-8,13-15,17H2,1-4H3. The minimum atomic E-state index is -0.491. The summed E-state index contributed by atoms with van der Waals surface area (Å²) in [7, 11) is 6.69. The molecule has 1 aliphatic heterocycles. The Morgan fingerprint density at radius 2 is 1.75 bits per heavy atom. The summed E-state index contributed by atoms with van der Waals surface area (Å²) in [6.45, 7) is 2.19. The molecule has 1 fully saturated rings. The maximum atomic E-state index is 13.2. The topological polar surface area (TPSA) is 68.3 Å². The zero-order valence-electron chi connectivity index (χ0n) is 19.3. The number of rotatable bonds is 8. The Balaban J connectivity index is 1.63. The van der Waals surface area contributed by atoms with E-state index in [1.165, 1.54) is 12.7 Å². The summed E-state index contributed by atoms with van der Waals surface area (Å²) in [5, 5.41) is 0. The van der Waals surface area contributed by atoms with Gasteiger partial charge in [0.25, 0.3) is 5.91 Å². The molecule has 7 heteroatoms. The molecule has 3 rings (SSSR count). The molecule has 1 aliphatic rings. The van der Waals surface area contributed by atoms with Crippen molar-refractivity contribution >= 4 is 11.9 Å². The quantitative estimate of drug-likeness (QED) is 0.587.